The van der Waals surface area contributed by atoms with E-state index in [0.29, 0.717) is 11.5 Å². The van der Waals surface area contributed by atoms with E-state index >= 15 is 0 Å². The number of unbranched alkanes of at least 4 members (excludes halogenated alkanes) is 12. The highest BCUT2D eigenvalue weighted by Crippen LogP contribution is 2.58. The molecule has 0 atom stereocenters. The van der Waals surface area contributed by atoms with E-state index in [-0.39, 0.29) is 0 Å². The molecule has 0 aliphatic heterocycles. The second-order valence-electron chi connectivity index (χ2n) is 13.3. The van der Waals surface area contributed by atoms with Crippen LogP contribution in [0.2, 0.25) is 0 Å². The van der Waals surface area contributed by atoms with E-state index in [2.05, 4.69) is 74.5 Å². The van der Waals surface area contributed by atoms with E-state index in [4.69, 9.17) is 0 Å². The number of hydrogen-bond acceptors (Lipinski definition) is 2. The lowest BCUT2D eigenvalue weighted by molar-refractivity contribution is 0.473. The maximum absolute atomic E-state index is 10.8. The molecule has 4 aromatic carbocycles. The zero-order valence-corrected chi connectivity index (χ0v) is 27.8. The van der Waals surface area contributed by atoms with Crippen LogP contribution in [0.1, 0.15) is 137 Å². The molecule has 0 radical (unpaired) electrons. The minimum absolute atomic E-state index is 0.334. The van der Waals surface area contributed by atoms with Crippen molar-refractivity contribution in [3.05, 3.63) is 118 Å². The molecule has 1 aliphatic carbocycles. The van der Waals surface area contributed by atoms with Crippen molar-refractivity contribution >= 4 is 0 Å². The Balaban J connectivity index is 1.59. The Morgan fingerprint density at radius 2 is 0.800 bits per heavy atom. The predicted octanol–water partition coefficient (Wildman–Crippen LogP) is 12.0. The molecule has 1 aliphatic rings. The third-order valence-corrected chi connectivity index (χ3v) is 10.0. The first kappa shape index (κ1) is 32.9. The number of phenolic OH excluding ortho intramolecular Hbond substituents is 2. The summed E-state index contributed by atoms with van der Waals surface area (Å²) in [6.07, 6.45) is 19.5. The van der Waals surface area contributed by atoms with Crippen LogP contribution in [-0.2, 0) is 18.3 Å². The van der Waals surface area contributed by atoms with Gasteiger partial charge in [-0.2, -0.15) is 0 Å². The van der Waals surface area contributed by atoms with Gasteiger partial charge in [-0.25, -0.2) is 0 Å². The molecule has 0 fully saturated rings. The fourth-order valence-corrected chi connectivity index (χ4v) is 7.81. The molecule has 0 heterocycles. The maximum atomic E-state index is 10.8. The van der Waals surface area contributed by atoms with E-state index in [1.54, 1.807) is 0 Å². The van der Waals surface area contributed by atoms with Gasteiger partial charge in [0.15, 0.2) is 0 Å². The highest BCUT2D eigenvalue weighted by molar-refractivity contribution is 5.87. The quantitative estimate of drug-likeness (QED) is 0.0979. The van der Waals surface area contributed by atoms with Crippen LogP contribution in [0.15, 0.2) is 84.9 Å². The second-order valence-corrected chi connectivity index (χ2v) is 13.3. The third kappa shape index (κ3) is 7.32. The highest BCUT2D eigenvalue weighted by Gasteiger charge is 2.47. The van der Waals surface area contributed by atoms with Crippen molar-refractivity contribution in [1.29, 1.82) is 0 Å². The van der Waals surface area contributed by atoms with Crippen LogP contribution in [0.5, 0.6) is 11.5 Å². The summed E-state index contributed by atoms with van der Waals surface area (Å²) in [7, 11) is 0. The van der Waals surface area contributed by atoms with Gasteiger partial charge in [0, 0.05) is 0 Å². The summed E-state index contributed by atoms with van der Waals surface area (Å²) in [6.45, 7) is 4.54. The van der Waals surface area contributed by atoms with Crippen LogP contribution in [0, 0.1) is 0 Å². The first-order chi connectivity index (χ1) is 22.1. The maximum Gasteiger partial charge on any atom is 0.115 e. The van der Waals surface area contributed by atoms with Crippen LogP contribution in [0.25, 0.3) is 11.1 Å². The number of phenols is 2. The number of aryl methyl sites for hydroxylation is 2. The average Bonchev–Trinajstić information content (AvgIpc) is 3.35. The van der Waals surface area contributed by atoms with Crippen molar-refractivity contribution < 1.29 is 10.2 Å². The SMILES string of the molecule is CCCCCCCCCc1cc(O)ccc1C1(c2ccc(O)cc2CCCCCCCCC)c2ccccc2-c2ccccc21. The Bertz CT molecular complexity index is 1400. The van der Waals surface area contributed by atoms with E-state index in [0.717, 1.165) is 25.7 Å². The summed E-state index contributed by atoms with van der Waals surface area (Å²) >= 11 is 0. The summed E-state index contributed by atoms with van der Waals surface area (Å²) in [4.78, 5) is 0. The molecule has 238 valence electrons. The van der Waals surface area contributed by atoms with Gasteiger partial charge in [0.2, 0.25) is 0 Å². The molecular formula is C43H54O2. The Morgan fingerprint density at radius 1 is 0.422 bits per heavy atom. The molecule has 0 aromatic heterocycles. The summed E-state index contributed by atoms with van der Waals surface area (Å²) in [6, 6.07) is 30.0. The molecule has 0 spiro atoms. The van der Waals surface area contributed by atoms with E-state index < -0.39 is 5.41 Å². The van der Waals surface area contributed by atoms with Gasteiger partial charge in [0.1, 0.15) is 11.5 Å². The van der Waals surface area contributed by atoms with Gasteiger partial charge in [-0.1, -0.05) is 152 Å². The molecule has 4 aromatic rings. The van der Waals surface area contributed by atoms with Gasteiger partial charge in [-0.3, -0.25) is 0 Å². The fraction of sp³-hybridized carbons (Fsp3) is 0.442. The molecule has 0 saturated heterocycles. The topological polar surface area (TPSA) is 40.5 Å². The lowest BCUT2D eigenvalue weighted by atomic mass is 9.64. The van der Waals surface area contributed by atoms with Crippen molar-refractivity contribution in [3.63, 3.8) is 0 Å². The molecule has 45 heavy (non-hydrogen) atoms. The minimum atomic E-state index is -0.526. The van der Waals surface area contributed by atoms with Crippen molar-refractivity contribution in [3.8, 4) is 22.6 Å². The first-order valence-electron chi connectivity index (χ1n) is 17.9. The predicted molar refractivity (Wildman–Crippen MR) is 190 cm³/mol. The average molecular weight is 603 g/mol. The van der Waals surface area contributed by atoms with Gasteiger partial charge < -0.3 is 10.2 Å². The summed E-state index contributed by atoms with van der Waals surface area (Å²) in [5.74, 6) is 0.667. The Labute approximate surface area is 272 Å². The molecule has 0 amide bonds. The molecule has 2 nitrogen and oxygen atoms in total. The number of hydrogen-bond donors (Lipinski definition) is 2. The first-order valence-corrected chi connectivity index (χ1v) is 17.9. The minimum Gasteiger partial charge on any atom is -0.508 e. The van der Waals surface area contributed by atoms with E-state index in [1.807, 2.05) is 24.3 Å². The van der Waals surface area contributed by atoms with Crippen LogP contribution in [-0.4, -0.2) is 10.2 Å². The summed E-state index contributed by atoms with van der Waals surface area (Å²) < 4.78 is 0. The molecule has 0 saturated carbocycles. The number of rotatable bonds is 18. The second kappa shape index (κ2) is 16.2. The number of aromatic hydroxyl groups is 2. The van der Waals surface area contributed by atoms with Crippen LogP contribution < -0.4 is 0 Å². The molecule has 2 heteroatoms. The van der Waals surface area contributed by atoms with Gasteiger partial charge in [-0.15, -0.1) is 0 Å². The Kier molecular flexibility index (Phi) is 11.8. The fourth-order valence-electron chi connectivity index (χ4n) is 7.81. The highest BCUT2D eigenvalue weighted by atomic mass is 16.3. The Morgan fingerprint density at radius 3 is 1.22 bits per heavy atom. The molecule has 0 bridgehead atoms. The Hall–Kier alpha value is -3.52. The van der Waals surface area contributed by atoms with Gasteiger partial charge in [-0.05, 0) is 94.5 Å². The zero-order valence-electron chi connectivity index (χ0n) is 27.8. The molecular weight excluding hydrogens is 548 g/mol. The van der Waals surface area contributed by atoms with Crippen LogP contribution >= 0.6 is 0 Å². The van der Waals surface area contributed by atoms with Gasteiger partial charge in [0.25, 0.3) is 0 Å². The third-order valence-electron chi connectivity index (χ3n) is 10.0. The monoisotopic (exact) mass is 602 g/mol. The molecule has 0 unspecified atom stereocenters. The standard InChI is InChI=1S/C43H54O2/c1-3-5-7-9-11-13-15-21-33-31-35(44)27-29-39(33)43(41-25-19-17-23-37(41)38-24-18-20-26-42(38)43)40-30-28-36(45)32-34(40)22-16-14-12-10-8-6-4-2/h17-20,23-32,44-45H,3-16,21-22H2,1-2H3. The van der Waals surface area contributed by atoms with Crippen LogP contribution in [0.3, 0.4) is 0 Å². The normalized spacial score (nSPS) is 13.1. The number of fused-ring (bicyclic) bond motifs is 3. The van der Waals surface area contributed by atoms with Crippen LogP contribution in [0.4, 0.5) is 0 Å². The van der Waals surface area contributed by atoms with Gasteiger partial charge in [0.05, 0.1) is 5.41 Å². The van der Waals surface area contributed by atoms with Crippen molar-refractivity contribution in [1.82, 2.24) is 0 Å². The van der Waals surface area contributed by atoms with Gasteiger partial charge >= 0.3 is 0 Å². The summed E-state index contributed by atoms with van der Waals surface area (Å²) in [5, 5.41) is 21.6. The van der Waals surface area contributed by atoms with E-state index in [9.17, 15) is 10.2 Å². The summed E-state index contributed by atoms with van der Waals surface area (Å²) in [5.41, 5.74) is 9.59. The zero-order chi connectivity index (χ0) is 31.5. The smallest absolute Gasteiger partial charge is 0.115 e. The number of benzene rings is 4. The molecule has 2 N–H and O–H groups in total. The van der Waals surface area contributed by atoms with E-state index in [1.165, 1.54) is 122 Å². The lowest BCUT2D eigenvalue weighted by Gasteiger charge is -2.37. The largest absolute Gasteiger partial charge is 0.508 e. The molecule has 5 rings (SSSR count). The van der Waals surface area contributed by atoms with Crippen molar-refractivity contribution in [2.45, 2.75) is 122 Å². The van der Waals surface area contributed by atoms with Crippen molar-refractivity contribution in [2.75, 3.05) is 0 Å². The van der Waals surface area contributed by atoms with Crippen molar-refractivity contribution in [2.24, 2.45) is 0 Å². The lowest BCUT2D eigenvalue weighted by Crippen LogP contribution is -2.31.